The molecule has 29 heavy (non-hydrogen) atoms. The van der Waals surface area contributed by atoms with Crippen LogP contribution in [-0.4, -0.2) is 40.8 Å². The Kier molecular flexibility index (Phi) is 6.28. The summed E-state index contributed by atoms with van der Waals surface area (Å²) in [4.78, 5) is 32.0. The van der Waals surface area contributed by atoms with Crippen LogP contribution < -0.4 is 4.74 Å². The van der Waals surface area contributed by atoms with Crippen LogP contribution in [0.25, 0.3) is 10.6 Å². The second kappa shape index (κ2) is 9.08. The van der Waals surface area contributed by atoms with Gasteiger partial charge in [-0.3, -0.25) is 9.59 Å². The van der Waals surface area contributed by atoms with Crippen molar-refractivity contribution in [1.82, 2.24) is 9.88 Å². The summed E-state index contributed by atoms with van der Waals surface area (Å²) in [6.45, 7) is 3.38. The summed E-state index contributed by atoms with van der Waals surface area (Å²) in [6.07, 6.45) is 5.98. The normalized spacial score (nSPS) is 22.1. The van der Waals surface area contributed by atoms with Crippen LogP contribution in [0.3, 0.4) is 0 Å². The molecule has 1 amide bonds. The number of Topliss-reactive ketones (excluding diaryl/α,β-unsaturated/α-hetero) is 1. The number of benzene rings is 1. The van der Waals surface area contributed by atoms with E-state index >= 15 is 0 Å². The highest BCUT2D eigenvalue weighted by atomic mass is 32.1. The number of nitrogens with zero attached hydrogens (tertiary/aromatic N) is 2. The zero-order chi connectivity index (χ0) is 20.2. The number of ether oxygens (including phenoxy) is 1. The summed E-state index contributed by atoms with van der Waals surface area (Å²) >= 11 is 1.56. The zero-order valence-electron chi connectivity index (χ0n) is 16.9. The molecule has 0 unspecified atom stereocenters. The molecule has 2 fully saturated rings. The Bertz CT molecular complexity index is 861. The van der Waals surface area contributed by atoms with Gasteiger partial charge in [0.15, 0.2) is 0 Å². The van der Waals surface area contributed by atoms with Crippen LogP contribution >= 0.6 is 11.3 Å². The number of likely N-dealkylation sites (tertiary alicyclic amines) is 1. The smallest absolute Gasteiger partial charge is 0.228 e. The summed E-state index contributed by atoms with van der Waals surface area (Å²) in [5.74, 6) is 1.35. The minimum absolute atomic E-state index is 0.0463. The molecule has 2 aliphatic rings. The zero-order valence-corrected chi connectivity index (χ0v) is 17.7. The molecule has 5 nitrogen and oxygen atoms in total. The monoisotopic (exact) mass is 412 g/mol. The molecule has 1 aromatic carbocycles. The number of hydrogen-bond donors (Lipinski definition) is 0. The topological polar surface area (TPSA) is 59.5 Å². The van der Waals surface area contributed by atoms with Crippen LogP contribution in [0.2, 0.25) is 0 Å². The van der Waals surface area contributed by atoms with Crippen molar-refractivity contribution in [2.45, 2.75) is 57.9 Å². The van der Waals surface area contributed by atoms with E-state index in [0.29, 0.717) is 25.2 Å². The summed E-state index contributed by atoms with van der Waals surface area (Å²) in [7, 11) is 0. The van der Waals surface area contributed by atoms with E-state index in [1.165, 1.54) is 0 Å². The van der Waals surface area contributed by atoms with Gasteiger partial charge in [-0.15, -0.1) is 11.3 Å². The fourth-order valence-corrected chi connectivity index (χ4v) is 5.40. The van der Waals surface area contributed by atoms with Crippen molar-refractivity contribution in [2.75, 3.05) is 13.2 Å². The van der Waals surface area contributed by atoms with Gasteiger partial charge in [0.1, 0.15) is 16.5 Å². The number of ketones is 1. The molecule has 0 radical (unpaired) electrons. The lowest BCUT2D eigenvalue weighted by molar-refractivity contribution is -0.135. The fraction of sp³-hybridized carbons (Fsp3) is 0.522. The minimum Gasteiger partial charge on any atom is -0.494 e. The molecule has 1 aromatic heterocycles. The van der Waals surface area contributed by atoms with Crippen molar-refractivity contribution in [3.05, 3.63) is 35.3 Å². The van der Waals surface area contributed by atoms with Gasteiger partial charge >= 0.3 is 0 Å². The highest BCUT2D eigenvalue weighted by Crippen LogP contribution is 2.33. The van der Waals surface area contributed by atoms with Gasteiger partial charge < -0.3 is 9.64 Å². The molecule has 1 aliphatic heterocycles. The lowest BCUT2D eigenvalue weighted by Crippen LogP contribution is -2.44. The molecule has 2 aromatic rings. The first-order valence-electron chi connectivity index (χ1n) is 10.7. The first kappa shape index (κ1) is 20.1. The Balaban J connectivity index is 1.41. The Hall–Kier alpha value is -2.21. The number of amides is 1. The Morgan fingerprint density at radius 3 is 2.79 bits per heavy atom. The van der Waals surface area contributed by atoms with Crippen LogP contribution in [0.4, 0.5) is 0 Å². The van der Waals surface area contributed by atoms with Crippen molar-refractivity contribution in [3.8, 4) is 16.3 Å². The third-order valence-electron chi connectivity index (χ3n) is 5.98. The largest absolute Gasteiger partial charge is 0.494 e. The van der Waals surface area contributed by atoms with E-state index in [1.54, 1.807) is 11.3 Å². The number of carbonyl (C=O) groups excluding carboxylic acids is 2. The lowest BCUT2D eigenvalue weighted by Gasteiger charge is -2.33. The van der Waals surface area contributed by atoms with E-state index < -0.39 is 0 Å². The van der Waals surface area contributed by atoms with Crippen LogP contribution in [0.1, 0.15) is 51.1 Å². The molecule has 154 valence electrons. The molecule has 2 heterocycles. The molecule has 1 saturated heterocycles. The summed E-state index contributed by atoms with van der Waals surface area (Å²) in [5.41, 5.74) is 1.84. The average molecular weight is 413 g/mol. The third kappa shape index (κ3) is 4.53. The number of rotatable bonds is 6. The molecule has 0 N–H and O–H groups in total. The first-order valence-corrected chi connectivity index (χ1v) is 11.5. The molecular formula is C23H28N2O3S. The molecule has 1 aliphatic carbocycles. The van der Waals surface area contributed by atoms with Gasteiger partial charge in [-0.1, -0.05) is 6.42 Å². The molecule has 6 heteroatoms. The van der Waals surface area contributed by atoms with E-state index in [4.69, 9.17) is 4.74 Å². The fourth-order valence-electron chi connectivity index (χ4n) is 4.57. The SMILES string of the molecule is CCOc1ccc(-c2nc(CC(=O)N3CCC[C@H]3[C@@H]3CCCCC3=O)cs2)cc1. The Labute approximate surface area is 176 Å². The highest BCUT2D eigenvalue weighted by molar-refractivity contribution is 7.13. The van der Waals surface area contributed by atoms with Crippen molar-refractivity contribution in [2.24, 2.45) is 5.92 Å². The second-order valence-corrected chi connectivity index (χ2v) is 8.75. The van der Waals surface area contributed by atoms with Gasteiger partial charge in [-0.2, -0.15) is 0 Å². The van der Waals surface area contributed by atoms with Gasteiger partial charge in [0.25, 0.3) is 0 Å². The second-order valence-electron chi connectivity index (χ2n) is 7.89. The molecule has 2 atom stereocenters. The lowest BCUT2D eigenvalue weighted by atomic mass is 9.82. The summed E-state index contributed by atoms with van der Waals surface area (Å²) in [6, 6.07) is 7.99. The quantitative estimate of drug-likeness (QED) is 0.701. The highest BCUT2D eigenvalue weighted by Gasteiger charge is 2.38. The van der Waals surface area contributed by atoms with Crippen molar-refractivity contribution in [1.29, 1.82) is 0 Å². The van der Waals surface area contributed by atoms with Gasteiger partial charge in [-0.25, -0.2) is 4.98 Å². The standard InChI is InChI=1S/C23H28N2O3S/c1-2-28-18-11-9-16(10-12-18)23-24-17(15-29-23)14-22(27)25-13-5-7-20(25)19-6-3-4-8-21(19)26/h9-12,15,19-20H,2-8,13-14H2,1H3/t19-,20-/m0/s1. The average Bonchev–Trinajstić information content (AvgIpc) is 3.39. The van der Waals surface area contributed by atoms with Gasteiger partial charge in [-0.05, 0) is 56.9 Å². The predicted molar refractivity (Wildman–Crippen MR) is 114 cm³/mol. The maximum absolute atomic E-state index is 13.0. The van der Waals surface area contributed by atoms with Crippen LogP contribution in [0, 0.1) is 5.92 Å². The first-order chi connectivity index (χ1) is 14.2. The number of carbonyl (C=O) groups is 2. The van der Waals surface area contributed by atoms with Gasteiger partial charge in [0.05, 0.1) is 18.7 Å². The van der Waals surface area contributed by atoms with E-state index in [2.05, 4.69) is 4.98 Å². The van der Waals surface area contributed by atoms with Gasteiger partial charge in [0.2, 0.25) is 5.91 Å². The number of thiazole rings is 1. The molecule has 1 saturated carbocycles. The maximum atomic E-state index is 13.0. The number of hydrogen-bond acceptors (Lipinski definition) is 5. The summed E-state index contributed by atoms with van der Waals surface area (Å²) < 4.78 is 5.49. The predicted octanol–water partition coefficient (Wildman–Crippen LogP) is 4.50. The van der Waals surface area contributed by atoms with Crippen LogP contribution in [0.5, 0.6) is 5.75 Å². The summed E-state index contributed by atoms with van der Waals surface area (Å²) in [5, 5.41) is 2.89. The van der Waals surface area contributed by atoms with Crippen molar-refractivity contribution in [3.63, 3.8) is 0 Å². The molecule has 0 bridgehead atoms. The maximum Gasteiger partial charge on any atom is 0.228 e. The van der Waals surface area contributed by atoms with Crippen LogP contribution in [-0.2, 0) is 16.0 Å². The molecular weight excluding hydrogens is 384 g/mol. The molecule has 0 spiro atoms. The third-order valence-corrected chi connectivity index (χ3v) is 6.92. The van der Waals surface area contributed by atoms with Gasteiger partial charge in [0, 0.05) is 35.9 Å². The van der Waals surface area contributed by atoms with E-state index in [9.17, 15) is 9.59 Å². The van der Waals surface area contributed by atoms with E-state index in [-0.39, 0.29) is 17.9 Å². The van der Waals surface area contributed by atoms with E-state index in [0.717, 1.165) is 60.7 Å². The van der Waals surface area contributed by atoms with Crippen molar-refractivity contribution < 1.29 is 14.3 Å². The van der Waals surface area contributed by atoms with Crippen LogP contribution in [0.15, 0.2) is 29.6 Å². The Morgan fingerprint density at radius 2 is 2.03 bits per heavy atom. The Morgan fingerprint density at radius 1 is 1.21 bits per heavy atom. The van der Waals surface area contributed by atoms with E-state index in [1.807, 2.05) is 41.5 Å². The number of aromatic nitrogens is 1. The molecule has 4 rings (SSSR count). The van der Waals surface area contributed by atoms with Crippen molar-refractivity contribution >= 4 is 23.0 Å². The minimum atomic E-state index is 0.0463.